The highest BCUT2D eigenvalue weighted by atomic mass is 35.5. The third-order valence-corrected chi connectivity index (χ3v) is 6.22. The normalized spacial score (nSPS) is 15.2. The summed E-state index contributed by atoms with van der Waals surface area (Å²) in [5.74, 6) is 0.521. The molecule has 2 amide bonds. The summed E-state index contributed by atoms with van der Waals surface area (Å²) in [6, 6.07) is 10.4. The molecular formula is C25H29ClN4O2. The maximum atomic E-state index is 13.2. The van der Waals surface area contributed by atoms with Gasteiger partial charge in [0, 0.05) is 29.2 Å². The molecule has 1 atom stereocenters. The number of hydrogen-bond acceptors (Lipinski definition) is 3. The van der Waals surface area contributed by atoms with E-state index >= 15 is 0 Å². The lowest BCUT2D eigenvalue weighted by molar-refractivity contribution is 0.0791. The number of fused-ring (bicyclic) bond motifs is 1. The summed E-state index contributed by atoms with van der Waals surface area (Å²) < 4.78 is 0. The number of H-pyrrole nitrogens is 1. The fraction of sp³-hybridized carbons (Fsp3) is 0.400. The van der Waals surface area contributed by atoms with Crippen LogP contribution in [0.25, 0.3) is 11.0 Å². The topological polar surface area (TPSA) is 78.1 Å². The van der Waals surface area contributed by atoms with Crippen molar-refractivity contribution < 1.29 is 9.59 Å². The molecule has 1 aliphatic rings. The van der Waals surface area contributed by atoms with Crippen LogP contribution in [-0.4, -0.2) is 39.8 Å². The van der Waals surface area contributed by atoms with Crippen LogP contribution in [0.4, 0.5) is 0 Å². The predicted molar refractivity (Wildman–Crippen MR) is 127 cm³/mol. The summed E-state index contributed by atoms with van der Waals surface area (Å²) in [5.41, 5.74) is 3.33. The quantitative estimate of drug-likeness (QED) is 0.565. The lowest BCUT2D eigenvalue weighted by Gasteiger charge is -2.30. The van der Waals surface area contributed by atoms with E-state index in [0.29, 0.717) is 22.0 Å². The van der Waals surface area contributed by atoms with Gasteiger partial charge in [-0.15, -0.1) is 0 Å². The van der Waals surface area contributed by atoms with Crippen molar-refractivity contribution in [1.82, 2.24) is 20.2 Å². The summed E-state index contributed by atoms with van der Waals surface area (Å²) in [6.07, 6.45) is 2.10. The van der Waals surface area contributed by atoms with Crippen LogP contribution in [0.5, 0.6) is 0 Å². The van der Waals surface area contributed by atoms with Crippen molar-refractivity contribution in [3.05, 3.63) is 63.9 Å². The number of likely N-dealkylation sites (tertiary alicyclic amines) is 1. The van der Waals surface area contributed by atoms with Crippen LogP contribution in [0.3, 0.4) is 0 Å². The molecule has 1 aliphatic heterocycles. The number of aromatic nitrogens is 2. The first kappa shape index (κ1) is 22.3. The second kappa shape index (κ2) is 8.58. The molecule has 2 heterocycles. The first-order valence-corrected chi connectivity index (χ1v) is 11.4. The number of benzene rings is 2. The van der Waals surface area contributed by atoms with E-state index in [-0.39, 0.29) is 23.3 Å². The summed E-state index contributed by atoms with van der Waals surface area (Å²) >= 11 is 6.11. The standard InChI is InChI=1S/C25H29ClN4O2/c1-15-13-16(7-9-18(15)24(32)30-11-5-6-12-30)23(31)29-21(25(2,3)4)22-27-19-10-8-17(26)14-20(19)28-22/h7-10,13-14,21H,5-6,11-12H2,1-4H3,(H,27,28)(H,29,31)/t21-/m1/s1. The number of carbonyl (C=O) groups excluding carboxylic acids is 2. The van der Waals surface area contributed by atoms with Crippen LogP contribution in [-0.2, 0) is 0 Å². The minimum atomic E-state index is -0.340. The van der Waals surface area contributed by atoms with Crippen molar-refractivity contribution >= 4 is 34.4 Å². The molecular weight excluding hydrogens is 424 g/mol. The molecule has 1 aromatic heterocycles. The van der Waals surface area contributed by atoms with Gasteiger partial charge in [0.05, 0.1) is 17.1 Å². The first-order valence-electron chi connectivity index (χ1n) is 11.0. The molecule has 168 valence electrons. The Morgan fingerprint density at radius 1 is 1.12 bits per heavy atom. The smallest absolute Gasteiger partial charge is 0.254 e. The third kappa shape index (κ3) is 4.51. The molecule has 3 aromatic rings. The van der Waals surface area contributed by atoms with Crippen molar-refractivity contribution in [3.63, 3.8) is 0 Å². The Kier molecular flexibility index (Phi) is 5.99. The molecule has 1 saturated heterocycles. The van der Waals surface area contributed by atoms with Crippen LogP contribution < -0.4 is 5.32 Å². The molecule has 0 unspecified atom stereocenters. The molecule has 0 radical (unpaired) electrons. The minimum Gasteiger partial charge on any atom is -0.342 e. The Morgan fingerprint density at radius 2 is 1.84 bits per heavy atom. The zero-order valence-corrected chi connectivity index (χ0v) is 19.7. The van der Waals surface area contributed by atoms with Gasteiger partial charge in [-0.3, -0.25) is 9.59 Å². The first-order chi connectivity index (χ1) is 15.1. The largest absolute Gasteiger partial charge is 0.342 e. The van der Waals surface area contributed by atoms with E-state index in [9.17, 15) is 9.59 Å². The van der Waals surface area contributed by atoms with Gasteiger partial charge in [-0.25, -0.2) is 4.98 Å². The Balaban J connectivity index is 1.58. The molecule has 4 rings (SSSR count). The molecule has 1 fully saturated rings. The number of nitrogens with one attached hydrogen (secondary N) is 2. The lowest BCUT2D eigenvalue weighted by atomic mass is 9.86. The van der Waals surface area contributed by atoms with Gasteiger partial charge in [0.25, 0.3) is 11.8 Å². The Bertz CT molecular complexity index is 1170. The number of amides is 2. The number of hydrogen-bond donors (Lipinski definition) is 2. The number of halogens is 1. The van der Waals surface area contributed by atoms with E-state index in [1.54, 1.807) is 24.3 Å². The molecule has 0 aliphatic carbocycles. The maximum absolute atomic E-state index is 13.2. The molecule has 7 heteroatoms. The molecule has 6 nitrogen and oxygen atoms in total. The molecule has 2 N–H and O–H groups in total. The predicted octanol–water partition coefficient (Wildman–Crippen LogP) is 5.28. The van der Waals surface area contributed by atoms with Gasteiger partial charge < -0.3 is 15.2 Å². The monoisotopic (exact) mass is 452 g/mol. The molecule has 32 heavy (non-hydrogen) atoms. The van der Waals surface area contributed by atoms with Gasteiger partial charge in [-0.1, -0.05) is 32.4 Å². The Labute approximate surface area is 193 Å². The van der Waals surface area contributed by atoms with Gasteiger partial charge >= 0.3 is 0 Å². The van der Waals surface area contributed by atoms with E-state index in [2.05, 4.69) is 36.1 Å². The van der Waals surface area contributed by atoms with E-state index in [4.69, 9.17) is 11.6 Å². The summed E-state index contributed by atoms with van der Waals surface area (Å²) in [7, 11) is 0. The van der Waals surface area contributed by atoms with Crippen LogP contribution >= 0.6 is 11.6 Å². The number of aromatic amines is 1. The van der Waals surface area contributed by atoms with Crippen molar-refractivity contribution in [1.29, 1.82) is 0 Å². The van der Waals surface area contributed by atoms with Gasteiger partial charge in [-0.2, -0.15) is 0 Å². The van der Waals surface area contributed by atoms with Crippen LogP contribution in [0.15, 0.2) is 36.4 Å². The van der Waals surface area contributed by atoms with Gasteiger partial charge in [-0.05, 0) is 67.1 Å². The highest BCUT2D eigenvalue weighted by Gasteiger charge is 2.31. The second-order valence-electron chi connectivity index (χ2n) is 9.59. The number of rotatable bonds is 4. The second-order valence-corrected chi connectivity index (χ2v) is 10.0. The van der Waals surface area contributed by atoms with Crippen LogP contribution in [0.2, 0.25) is 5.02 Å². The van der Waals surface area contributed by atoms with E-state index in [1.165, 1.54) is 0 Å². The number of nitrogens with zero attached hydrogens (tertiary/aromatic N) is 2. The van der Waals surface area contributed by atoms with Gasteiger partial charge in [0.15, 0.2) is 0 Å². The van der Waals surface area contributed by atoms with Crippen molar-refractivity contribution in [2.75, 3.05) is 13.1 Å². The summed E-state index contributed by atoms with van der Waals surface area (Å²) in [4.78, 5) is 35.8. The van der Waals surface area contributed by atoms with Crippen molar-refractivity contribution in [2.24, 2.45) is 5.41 Å². The zero-order chi connectivity index (χ0) is 23.0. The number of imidazole rings is 1. The maximum Gasteiger partial charge on any atom is 0.254 e. The minimum absolute atomic E-state index is 0.0421. The highest BCUT2D eigenvalue weighted by Crippen LogP contribution is 2.33. The van der Waals surface area contributed by atoms with E-state index in [1.807, 2.05) is 24.0 Å². The van der Waals surface area contributed by atoms with E-state index in [0.717, 1.165) is 42.5 Å². The Hall–Kier alpha value is -2.86. The van der Waals surface area contributed by atoms with Crippen LogP contribution in [0, 0.1) is 12.3 Å². The van der Waals surface area contributed by atoms with E-state index < -0.39 is 0 Å². The van der Waals surface area contributed by atoms with Crippen molar-refractivity contribution in [2.45, 2.75) is 46.6 Å². The van der Waals surface area contributed by atoms with Crippen molar-refractivity contribution in [3.8, 4) is 0 Å². The summed E-state index contributed by atoms with van der Waals surface area (Å²) in [6.45, 7) is 9.65. The SMILES string of the molecule is Cc1cc(C(=O)N[C@H](c2nc3ccc(Cl)cc3[nH]2)C(C)(C)C)ccc1C(=O)N1CCCC1. The van der Waals surface area contributed by atoms with Gasteiger partial charge in [0.2, 0.25) is 0 Å². The fourth-order valence-corrected chi connectivity index (χ4v) is 4.36. The third-order valence-electron chi connectivity index (χ3n) is 5.99. The average Bonchev–Trinajstić information content (AvgIpc) is 3.40. The van der Waals surface area contributed by atoms with Gasteiger partial charge in [0.1, 0.15) is 5.82 Å². The molecule has 0 bridgehead atoms. The highest BCUT2D eigenvalue weighted by molar-refractivity contribution is 6.31. The number of aryl methyl sites for hydroxylation is 1. The summed E-state index contributed by atoms with van der Waals surface area (Å²) in [5, 5.41) is 3.76. The molecule has 0 saturated carbocycles. The lowest BCUT2D eigenvalue weighted by Crippen LogP contribution is -2.37. The molecule has 2 aromatic carbocycles. The fourth-order valence-electron chi connectivity index (χ4n) is 4.18. The van der Waals surface area contributed by atoms with Crippen LogP contribution in [0.1, 0.15) is 71.8 Å². The molecule has 0 spiro atoms. The Morgan fingerprint density at radius 3 is 2.50 bits per heavy atom. The zero-order valence-electron chi connectivity index (χ0n) is 19.0. The number of carbonyl (C=O) groups is 2. The average molecular weight is 453 g/mol.